The normalized spacial score (nSPS) is 13.9. The number of aliphatic imine (C=N–C) groups is 1. The van der Waals surface area contributed by atoms with E-state index in [1.54, 1.807) is 24.4 Å². The van der Waals surface area contributed by atoms with Crippen molar-refractivity contribution in [1.82, 2.24) is 4.98 Å². The van der Waals surface area contributed by atoms with Gasteiger partial charge in [0.15, 0.2) is 0 Å². The number of aromatic nitrogens is 1. The number of amidine groups is 1. The van der Waals surface area contributed by atoms with E-state index in [1.807, 2.05) is 65.6 Å². The van der Waals surface area contributed by atoms with Gasteiger partial charge in [-0.1, -0.05) is 48.5 Å². The van der Waals surface area contributed by atoms with Crippen LogP contribution in [0.5, 0.6) is 0 Å². The second kappa shape index (κ2) is 10.7. The average Bonchev–Trinajstić information content (AvgIpc) is 3.21. The zero-order valence-electron chi connectivity index (χ0n) is 18.5. The average molecular weight is 447 g/mol. The lowest BCUT2D eigenvalue weighted by Gasteiger charge is -2.22. The Morgan fingerprint density at radius 3 is 2.18 bits per heavy atom. The Kier molecular flexibility index (Phi) is 7.07. The molecule has 2 heterocycles. The summed E-state index contributed by atoms with van der Waals surface area (Å²) in [5.41, 5.74) is 2.90. The molecule has 3 aromatic rings. The van der Waals surface area contributed by atoms with Crippen molar-refractivity contribution in [3.05, 3.63) is 95.8 Å². The molecule has 0 bridgehead atoms. The standard InChI is InChI=1S/C27H22N6O/c28-15-6-18-32(19-7-16-29)23-13-11-21(12-14-23)20-24-27(34)33(25-10-4-5-17-30-25)26(31-24)22-8-2-1-3-9-22/h1-5,8-14,17,20H,6-7,18-19H2/b24-20-. The van der Waals surface area contributed by atoms with Crippen LogP contribution >= 0.6 is 0 Å². The van der Waals surface area contributed by atoms with E-state index >= 15 is 0 Å². The van der Waals surface area contributed by atoms with E-state index in [1.165, 1.54) is 4.90 Å². The van der Waals surface area contributed by atoms with Crippen molar-refractivity contribution in [2.24, 2.45) is 4.99 Å². The molecule has 0 aliphatic carbocycles. The molecule has 7 nitrogen and oxygen atoms in total. The van der Waals surface area contributed by atoms with Crippen molar-refractivity contribution in [2.45, 2.75) is 12.8 Å². The molecule has 0 fully saturated rings. The molecule has 0 saturated carbocycles. The van der Waals surface area contributed by atoms with E-state index in [0.717, 1.165) is 16.8 Å². The van der Waals surface area contributed by atoms with Crippen molar-refractivity contribution in [1.29, 1.82) is 10.5 Å². The number of pyridine rings is 1. The summed E-state index contributed by atoms with van der Waals surface area (Å²) in [6.07, 6.45) is 4.17. The number of nitriles is 2. The lowest BCUT2D eigenvalue weighted by atomic mass is 10.1. The van der Waals surface area contributed by atoms with Crippen molar-refractivity contribution in [3.8, 4) is 12.1 Å². The number of benzene rings is 2. The molecular weight excluding hydrogens is 424 g/mol. The molecule has 1 aliphatic rings. The number of hydrogen-bond donors (Lipinski definition) is 0. The minimum atomic E-state index is -0.244. The van der Waals surface area contributed by atoms with Crippen LogP contribution in [0.1, 0.15) is 24.0 Å². The molecule has 0 N–H and O–H groups in total. The molecule has 1 amide bonds. The minimum absolute atomic E-state index is 0.244. The molecule has 34 heavy (non-hydrogen) atoms. The summed E-state index contributed by atoms with van der Waals surface area (Å²) >= 11 is 0. The fraction of sp³-hybridized carbons (Fsp3) is 0.148. The van der Waals surface area contributed by atoms with Gasteiger partial charge in [0.2, 0.25) is 0 Å². The number of carbonyl (C=O) groups excluding carboxylic acids is 1. The Hall–Kier alpha value is -4.75. The van der Waals surface area contributed by atoms with Crippen LogP contribution < -0.4 is 9.80 Å². The molecular formula is C27H22N6O. The van der Waals surface area contributed by atoms with Gasteiger partial charge in [0.25, 0.3) is 5.91 Å². The Balaban J connectivity index is 1.64. The molecule has 0 atom stereocenters. The van der Waals surface area contributed by atoms with Gasteiger partial charge in [0.1, 0.15) is 17.4 Å². The van der Waals surface area contributed by atoms with Crippen LogP contribution in [-0.4, -0.2) is 29.8 Å². The zero-order chi connectivity index (χ0) is 23.8. The van der Waals surface area contributed by atoms with Crippen molar-refractivity contribution < 1.29 is 4.79 Å². The summed E-state index contributed by atoms with van der Waals surface area (Å²) in [5.74, 6) is 0.803. The third-order valence-electron chi connectivity index (χ3n) is 5.32. The third-order valence-corrected chi connectivity index (χ3v) is 5.32. The van der Waals surface area contributed by atoms with Crippen molar-refractivity contribution in [2.75, 3.05) is 22.9 Å². The molecule has 0 saturated heterocycles. The van der Waals surface area contributed by atoms with E-state index < -0.39 is 0 Å². The van der Waals surface area contributed by atoms with Crippen LogP contribution in [-0.2, 0) is 4.79 Å². The summed E-state index contributed by atoms with van der Waals surface area (Å²) in [7, 11) is 0. The number of amides is 1. The first kappa shape index (κ1) is 22.4. The molecule has 0 spiro atoms. The Morgan fingerprint density at radius 2 is 1.56 bits per heavy atom. The Bertz CT molecular complexity index is 1270. The van der Waals surface area contributed by atoms with E-state index in [2.05, 4.69) is 22.1 Å². The molecule has 1 aromatic heterocycles. The molecule has 166 valence electrons. The minimum Gasteiger partial charge on any atom is -0.369 e. The Labute approximate surface area is 198 Å². The molecule has 0 radical (unpaired) electrons. The van der Waals surface area contributed by atoms with Crippen LogP contribution in [0.25, 0.3) is 6.08 Å². The first-order valence-corrected chi connectivity index (χ1v) is 10.9. The largest absolute Gasteiger partial charge is 0.369 e. The number of rotatable bonds is 8. The van der Waals surface area contributed by atoms with Gasteiger partial charge in [-0.05, 0) is 35.9 Å². The van der Waals surface area contributed by atoms with Crippen LogP contribution in [0.2, 0.25) is 0 Å². The van der Waals surface area contributed by atoms with E-state index in [9.17, 15) is 4.79 Å². The first-order valence-electron chi connectivity index (χ1n) is 10.9. The van der Waals surface area contributed by atoms with Gasteiger partial charge in [-0.15, -0.1) is 0 Å². The lowest BCUT2D eigenvalue weighted by molar-refractivity contribution is -0.113. The SMILES string of the molecule is N#CCCN(CCC#N)c1ccc(/C=C2\N=C(c3ccccc3)N(c3ccccn3)C2=O)cc1. The number of hydrogen-bond acceptors (Lipinski definition) is 6. The molecule has 0 unspecified atom stereocenters. The predicted octanol–water partition coefficient (Wildman–Crippen LogP) is 4.55. The highest BCUT2D eigenvalue weighted by atomic mass is 16.2. The van der Waals surface area contributed by atoms with Gasteiger partial charge in [0.05, 0.1) is 25.0 Å². The van der Waals surface area contributed by atoms with Crippen molar-refractivity contribution >= 4 is 29.3 Å². The smallest absolute Gasteiger partial charge is 0.283 e. The van der Waals surface area contributed by atoms with Gasteiger partial charge >= 0.3 is 0 Å². The molecule has 1 aliphatic heterocycles. The van der Waals surface area contributed by atoms with Gasteiger partial charge in [-0.3, -0.25) is 4.79 Å². The van der Waals surface area contributed by atoms with Crippen molar-refractivity contribution in [3.63, 3.8) is 0 Å². The van der Waals surface area contributed by atoms with E-state index in [-0.39, 0.29) is 5.91 Å². The van der Waals surface area contributed by atoms with Crippen LogP contribution in [0.4, 0.5) is 11.5 Å². The predicted molar refractivity (Wildman–Crippen MR) is 132 cm³/mol. The highest BCUT2D eigenvalue weighted by Crippen LogP contribution is 2.27. The van der Waals surface area contributed by atoms with Crippen LogP contribution in [0.3, 0.4) is 0 Å². The summed E-state index contributed by atoms with van der Waals surface area (Å²) in [4.78, 5) is 25.9. The van der Waals surface area contributed by atoms with Gasteiger partial charge in [-0.2, -0.15) is 10.5 Å². The highest BCUT2D eigenvalue weighted by molar-refractivity contribution is 6.32. The summed E-state index contributed by atoms with van der Waals surface area (Å²) in [6, 6.07) is 26.9. The zero-order valence-corrected chi connectivity index (χ0v) is 18.5. The number of carbonyl (C=O) groups is 1. The molecule has 2 aromatic carbocycles. The topological polar surface area (TPSA) is 96.4 Å². The number of anilines is 2. The quantitative estimate of drug-likeness (QED) is 0.473. The lowest BCUT2D eigenvalue weighted by Crippen LogP contribution is -2.33. The van der Waals surface area contributed by atoms with Gasteiger partial charge in [0, 0.05) is 30.5 Å². The molecule has 7 heteroatoms. The maximum Gasteiger partial charge on any atom is 0.283 e. The van der Waals surface area contributed by atoms with Gasteiger partial charge < -0.3 is 4.90 Å². The van der Waals surface area contributed by atoms with Crippen LogP contribution in [0, 0.1) is 22.7 Å². The maximum atomic E-state index is 13.3. The fourth-order valence-corrected chi connectivity index (χ4v) is 3.68. The first-order chi connectivity index (χ1) is 16.7. The highest BCUT2D eigenvalue weighted by Gasteiger charge is 2.33. The summed E-state index contributed by atoms with van der Waals surface area (Å²) in [5, 5.41) is 17.8. The second-order valence-corrected chi connectivity index (χ2v) is 7.55. The summed E-state index contributed by atoms with van der Waals surface area (Å²) in [6.45, 7) is 1.11. The van der Waals surface area contributed by atoms with E-state index in [4.69, 9.17) is 10.5 Å². The monoisotopic (exact) mass is 446 g/mol. The Morgan fingerprint density at radius 1 is 0.882 bits per heavy atom. The van der Waals surface area contributed by atoms with Crippen LogP contribution in [0.15, 0.2) is 89.7 Å². The summed E-state index contributed by atoms with van der Waals surface area (Å²) < 4.78 is 0. The molecule has 4 rings (SSSR count). The third kappa shape index (κ3) is 5.01. The van der Waals surface area contributed by atoms with E-state index in [0.29, 0.717) is 43.3 Å². The number of nitrogens with zero attached hydrogens (tertiary/aromatic N) is 6. The maximum absolute atomic E-state index is 13.3. The fourth-order valence-electron chi connectivity index (χ4n) is 3.68. The second-order valence-electron chi connectivity index (χ2n) is 7.55. The van der Waals surface area contributed by atoms with Gasteiger partial charge in [-0.25, -0.2) is 14.9 Å².